The van der Waals surface area contributed by atoms with Crippen molar-refractivity contribution in [2.75, 3.05) is 43.5 Å². The number of carbonyl (C=O) groups is 2. The van der Waals surface area contributed by atoms with E-state index >= 15 is 0 Å². The summed E-state index contributed by atoms with van der Waals surface area (Å²) in [5.74, 6) is -0.00113. The Labute approximate surface area is 217 Å². The van der Waals surface area contributed by atoms with E-state index in [9.17, 15) is 9.59 Å². The van der Waals surface area contributed by atoms with E-state index in [2.05, 4.69) is 33.5 Å². The Balaban J connectivity index is 1.59. The minimum absolute atomic E-state index is 0.190. The maximum absolute atomic E-state index is 13.0. The largest absolute Gasteiger partial charge is 0.450 e. The molecule has 0 saturated carbocycles. The number of benzene rings is 1. The lowest BCUT2D eigenvalue weighted by molar-refractivity contribution is 0.102. The van der Waals surface area contributed by atoms with Gasteiger partial charge in [-0.15, -0.1) is 11.3 Å². The molecule has 1 unspecified atom stereocenters. The Morgan fingerprint density at radius 2 is 1.97 bits per heavy atom. The van der Waals surface area contributed by atoms with Crippen molar-refractivity contribution in [1.29, 1.82) is 0 Å². The van der Waals surface area contributed by atoms with Crippen LogP contribution in [0.5, 0.6) is 0 Å². The molecule has 1 atom stereocenters. The summed E-state index contributed by atoms with van der Waals surface area (Å²) < 4.78 is 4.88. The number of carbonyl (C=O) groups excluding carboxylic acids is 2. The lowest BCUT2D eigenvalue weighted by atomic mass is 10.0. The number of rotatable bonds is 9. The third-order valence-electron chi connectivity index (χ3n) is 6.09. The van der Waals surface area contributed by atoms with Crippen molar-refractivity contribution in [3.8, 4) is 0 Å². The number of piperidine rings is 1. The molecule has 3 rings (SSSR count). The number of nitrogens with zero attached hydrogens (tertiary/aromatic N) is 3. The van der Waals surface area contributed by atoms with Gasteiger partial charge in [0, 0.05) is 38.0 Å². The average Bonchev–Trinajstić information content (AvgIpc) is 3.35. The highest BCUT2D eigenvalue weighted by Crippen LogP contribution is 2.30. The monoisotopic (exact) mass is 517 g/mol. The molecule has 35 heavy (non-hydrogen) atoms. The second-order valence-corrected chi connectivity index (χ2v) is 9.83. The van der Waals surface area contributed by atoms with Gasteiger partial charge in [-0.25, -0.2) is 9.78 Å². The molecule has 1 aliphatic heterocycles. The first-order valence-corrected chi connectivity index (χ1v) is 13.5. The smallest absolute Gasteiger partial charge is 0.413 e. The molecule has 1 aromatic heterocycles. The fourth-order valence-electron chi connectivity index (χ4n) is 4.06. The number of nitrogens with one attached hydrogen (secondary N) is 2. The molecule has 2 N–H and O–H groups in total. The van der Waals surface area contributed by atoms with Crippen LogP contribution in [-0.4, -0.2) is 60.3 Å². The summed E-state index contributed by atoms with van der Waals surface area (Å²) in [6.07, 6.45) is 4.75. The van der Waals surface area contributed by atoms with Gasteiger partial charge >= 0.3 is 6.09 Å². The third kappa shape index (κ3) is 7.63. The van der Waals surface area contributed by atoms with Crippen LogP contribution in [0.3, 0.4) is 0 Å². The van der Waals surface area contributed by atoms with Gasteiger partial charge in [-0.3, -0.25) is 10.1 Å². The number of aromatic nitrogens is 1. The summed E-state index contributed by atoms with van der Waals surface area (Å²) in [4.78, 5) is 33.4. The molecule has 8 nitrogen and oxygen atoms in total. The number of thiocarbonyl (C=S) groups is 1. The molecule has 0 radical (unpaired) electrons. The zero-order valence-corrected chi connectivity index (χ0v) is 22.3. The van der Waals surface area contributed by atoms with Crippen LogP contribution in [0.1, 0.15) is 67.4 Å². The van der Waals surface area contributed by atoms with Crippen molar-refractivity contribution < 1.29 is 14.3 Å². The Hall–Kier alpha value is -2.72. The molecule has 0 bridgehead atoms. The molecule has 0 spiro atoms. The number of para-hydroxylation sites is 2. The predicted octanol–water partition coefficient (Wildman–Crippen LogP) is 5.23. The number of thiazole rings is 1. The minimum atomic E-state index is -0.547. The van der Waals surface area contributed by atoms with Gasteiger partial charge in [-0.05, 0) is 63.4 Å². The predicted molar refractivity (Wildman–Crippen MR) is 146 cm³/mol. The highest BCUT2D eigenvalue weighted by Gasteiger charge is 2.20. The Kier molecular flexibility index (Phi) is 10.3. The quantitative estimate of drug-likeness (QED) is 0.440. The zero-order valence-electron chi connectivity index (χ0n) is 20.7. The molecular weight excluding hydrogens is 482 g/mol. The minimum Gasteiger partial charge on any atom is -0.450 e. The van der Waals surface area contributed by atoms with Crippen molar-refractivity contribution in [1.82, 2.24) is 15.2 Å². The van der Waals surface area contributed by atoms with E-state index < -0.39 is 6.09 Å². The van der Waals surface area contributed by atoms with Crippen LogP contribution in [-0.2, 0) is 4.74 Å². The fraction of sp³-hybridized carbons (Fsp3) is 0.520. The van der Waals surface area contributed by atoms with Crippen LogP contribution in [0.4, 0.5) is 16.2 Å². The first kappa shape index (κ1) is 26.9. The molecule has 1 saturated heterocycles. The number of hydrogen-bond acceptors (Lipinski definition) is 7. The van der Waals surface area contributed by atoms with Crippen molar-refractivity contribution >= 4 is 52.0 Å². The molecule has 2 heterocycles. The van der Waals surface area contributed by atoms with Gasteiger partial charge < -0.3 is 19.9 Å². The maximum Gasteiger partial charge on any atom is 0.413 e. The Morgan fingerprint density at radius 1 is 1.23 bits per heavy atom. The van der Waals surface area contributed by atoms with Gasteiger partial charge in [0.05, 0.1) is 23.0 Å². The summed E-state index contributed by atoms with van der Waals surface area (Å²) in [6.45, 7) is 6.82. The zero-order chi connectivity index (χ0) is 25.2. The van der Waals surface area contributed by atoms with Crippen molar-refractivity contribution in [3.63, 3.8) is 0 Å². The van der Waals surface area contributed by atoms with Crippen molar-refractivity contribution in [2.24, 2.45) is 0 Å². The highest BCUT2D eigenvalue weighted by atomic mass is 32.1. The normalized spacial score (nSPS) is 14.2. The summed E-state index contributed by atoms with van der Waals surface area (Å²) in [6, 6.07) is 7.98. The van der Waals surface area contributed by atoms with Crippen LogP contribution in [0.25, 0.3) is 0 Å². The summed E-state index contributed by atoms with van der Waals surface area (Å²) in [7, 11) is 1.84. The molecule has 1 aromatic carbocycles. The molecule has 1 aliphatic rings. The second kappa shape index (κ2) is 13.4. The van der Waals surface area contributed by atoms with E-state index in [4.69, 9.17) is 17.0 Å². The van der Waals surface area contributed by atoms with E-state index in [-0.39, 0.29) is 11.8 Å². The number of ether oxygens (including phenoxy) is 1. The van der Waals surface area contributed by atoms with Crippen molar-refractivity contribution in [3.05, 3.63) is 40.3 Å². The topological polar surface area (TPSA) is 86.8 Å². The molecule has 10 heteroatoms. The van der Waals surface area contributed by atoms with Gasteiger partial charge in [0.15, 0.2) is 5.11 Å². The molecular formula is C25H35N5O3S2. The van der Waals surface area contributed by atoms with E-state index in [1.54, 1.807) is 6.92 Å². The number of hydrogen-bond donors (Lipinski definition) is 2. The second-order valence-electron chi connectivity index (χ2n) is 8.56. The van der Waals surface area contributed by atoms with Gasteiger partial charge in [0.2, 0.25) is 0 Å². The van der Waals surface area contributed by atoms with E-state index in [1.165, 1.54) is 30.6 Å². The average molecular weight is 518 g/mol. The van der Waals surface area contributed by atoms with Crippen LogP contribution in [0, 0.1) is 0 Å². The Bertz CT molecular complexity index is 1010. The summed E-state index contributed by atoms with van der Waals surface area (Å²) >= 11 is 6.78. The first-order valence-electron chi connectivity index (χ1n) is 12.2. The van der Waals surface area contributed by atoms with Gasteiger partial charge in [0.1, 0.15) is 5.69 Å². The fourth-order valence-corrected chi connectivity index (χ4v) is 5.25. The number of alkyl carbamates (subject to hydrolysis) is 1. The molecule has 2 amide bonds. The number of anilines is 2. The lowest BCUT2D eigenvalue weighted by Crippen LogP contribution is -2.41. The van der Waals surface area contributed by atoms with Crippen LogP contribution in [0.2, 0.25) is 0 Å². The van der Waals surface area contributed by atoms with Crippen molar-refractivity contribution in [2.45, 2.75) is 51.9 Å². The summed E-state index contributed by atoms with van der Waals surface area (Å²) in [5.41, 5.74) is 2.33. The number of amides is 2. The first-order chi connectivity index (χ1) is 16.9. The SMILES string of the molecule is CCOC(=O)NC(=S)N(C)CCC(CC)c1nc(C(=O)Nc2ccccc2N2CCCCC2)cs1. The highest BCUT2D eigenvalue weighted by molar-refractivity contribution is 7.80. The van der Waals surface area contributed by atoms with Gasteiger partial charge in [0.25, 0.3) is 5.91 Å². The van der Waals surface area contributed by atoms with E-state index in [1.807, 2.05) is 35.5 Å². The standard InChI is InChI=1S/C25H35N5O3S2/c1-4-18(13-16-29(3)24(34)28-25(32)33-5-2)23-27-20(17-35-23)22(31)26-19-11-7-8-12-21(19)30-14-9-6-10-15-30/h7-8,11-12,17-18H,4-6,9-10,13-16H2,1-3H3,(H,26,31)(H,28,32,34). The molecule has 190 valence electrons. The van der Waals surface area contributed by atoms with Gasteiger partial charge in [-0.1, -0.05) is 19.1 Å². The molecule has 1 fully saturated rings. The van der Waals surface area contributed by atoms with Crippen LogP contribution < -0.4 is 15.5 Å². The van der Waals surface area contributed by atoms with E-state index in [0.29, 0.717) is 24.0 Å². The molecule has 0 aliphatic carbocycles. The molecule has 2 aromatic rings. The Morgan fingerprint density at radius 3 is 2.69 bits per heavy atom. The van der Waals surface area contributed by atoms with Crippen LogP contribution >= 0.6 is 23.6 Å². The summed E-state index contributed by atoms with van der Waals surface area (Å²) in [5, 5.41) is 8.71. The lowest BCUT2D eigenvalue weighted by Gasteiger charge is -2.30. The van der Waals surface area contributed by atoms with Crippen LogP contribution in [0.15, 0.2) is 29.6 Å². The van der Waals surface area contributed by atoms with E-state index in [0.717, 1.165) is 42.3 Å². The maximum atomic E-state index is 13.0. The third-order valence-corrected chi connectivity index (χ3v) is 7.51. The van der Waals surface area contributed by atoms with Gasteiger partial charge in [-0.2, -0.15) is 0 Å².